The molecule has 0 atom stereocenters. The average Bonchev–Trinajstić information content (AvgIpc) is 2.25. The molecule has 0 radical (unpaired) electrons. The van der Waals surface area contributed by atoms with E-state index in [9.17, 15) is 8.78 Å². The van der Waals surface area contributed by atoms with E-state index in [0.717, 1.165) is 26.2 Å². The fourth-order valence-electron chi connectivity index (χ4n) is 1.82. The second-order valence-electron chi connectivity index (χ2n) is 3.87. The quantitative estimate of drug-likeness (QED) is 0.898. The van der Waals surface area contributed by atoms with Crippen LogP contribution < -0.4 is 5.32 Å². The van der Waals surface area contributed by atoms with Crippen LogP contribution in [-0.4, -0.2) is 31.1 Å². The zero-order valence-corrected chi connectivity index (χ0v) is 10.4. The molecule has 0 amide bonds. The summed E-state index contributed by atoms with van der Waals surface area (Å²) < 4.78 is 27.5. The van der Waals surface area contributed by atoms with Gasteiger partial charge in [-0.2, -0.15) is 0 Å². The van der Waals surface area contributed by atoms with Gasteiger partial charge in [-0.25, -0.2) is 8.78 Å². The minimum absolute atomic E-state index is 0.158. The van der Waals surface area contributed by atoms with Gasteiger partial charge in [0.15, 0.2) is 0 Å². The van der Waals surface area contributed by atoms with Crippen molar-refractivity contribution in [2.45, 2.75) is 6.54 Å². The van der Waals surface area contributed by atoms with Gasteiger partial charge in [-0.15, -0.1) is 0 Å². The van der Waals surface area contributed by atoms with Crippen LogP contribution in [0.15, 0.2) is 16.6 Å². The van der Waals surface area contributed by atoms with Gasteiger partial charge >= 0.3 is 0 Å². The molecular formula is C11H13BrF2N2. The molecule has 0 bridgehead atoms. The predicted molar refractivity (Wildman–Crippen MR) is 62.2 cm³/mol. The summed E-state index contributed by atoms with van der Waals surface area (Å²) in [6.45, 7) is 3.75. The fraction of sp³-hybridized carbons (Fsp3) is 0.455. The van der Waals surface area contributed by atoms with Crippen LogP contribution in [0.3, 0.4) is 0 Å². The van der Waals surface area contributed by atoms with Crippen LogP contribution in [0.2, 0.25) is 0 Å². The van der Waals surface area contributed by atoms with Crippen molar-refractivity contribution in [2.75, 3.05) is 26.2 Å². The molecule has 2 rings (SSSR count). The van der Waals surface area contributed by atoms with Crippen LogP contribution in [0.25, 0.3) is 0 Å². The Morgan fingerprint density at radius 2 is 1.75 bits per heavy atom. The zero-order valence-electron chi connectivity index (χ0n) is 8.77. The summed E-state index contributed by atoms with van der Waals surface area (Å²) in [5, 5.41) is 3.20. The smallest absolute Gasteiger partial charge is 0.131 e. The molecule has 0 unspecified atom stereocenters. The lowest BCUT2D eigenvalue weighted by molar-refractivity contribution is 0.227. The van der Waals surface area contributed by atoms with Crippen LogP contribution in [0.4, 0.5) is 8.78 Å². The number of piperazine rings is 1. The second-order valence-corrected chi connectivity index (χ2v) is 4.79. The molecule has 0 aromatic heterocycles. The third-order valence-corrected chi connectivity index (χ3v) is 3.15. The summed E-state index contributed by atoms with van der Waals surface area (Å²) in [7, 11) is 0. The molecular weight excluding hydrogens is 278 g/mol. The Kier molecular flexibility index (Phi) is 3.89. The first-order valence-electron chi connectivity index (χ1n) is 5.23. The van der Waals surface area contributed by atoms with Gasteiger partial charge in [0.1, 0.15) is 11.6 Å². The number of hydrogen-bond donors (Lipinski definition) is 1. The molecule has 5 heteroatoms. The standard InChI is InChI=1S/C11H13BrF2N2/c12-8-5-10(13)9(11(14)6-8)7-16-3-1-15-2-4-16/h5-6,15H,1-4,7H2. The Bertz CT molecular complexity index is 355. The first kappa shape index (κ1) is 12.0. The molecule has 1 aliphatic heterocycles. The van der Waals surface area contributed by atoms with Gasteiger partial charge in [-0.05, 0) is 12.1 Å². The molecule has 1 aromatic rings. The van der Waals surface area contributed by atoms with Crippen molar-refractivity contribution in [1.29, 1.82) is 0 Å². The maximum atomic E-state index is 13.6. The van der Waals surface area contributed by atoms with Crippen molar-refractivity contribution in [3.8, 4) is 0 Å². The van der Waals surface area contributed by atoms with E-state index in [2.05, 4.69) is 21.2 Å². The summed E-state index contributed by atoms with van der Waals surface area (Å²) in [4.78, 5) is 2.05. The van der Waals surface area contributed by atoms with E-state index in [4.69, 9.17) is 0 Å². The Balaban J connectivity index is 2.14. The maximum Gasteiger partial charge on any atom is 0.131 e. The van der Waals surface area contributed by atoms with Crippen LogP contribution >= 0.6 is 15.9 Å². The highest BCUT2D eigenvalue weighted by molar-refractivity contribution is 9.10. The largest absolute Gasteiger partial charge is 0.314 e. The van der Waals surface area contributed by atoms with E-state index < -0.39 is 11.6 Å². The molecule has 0 aliphatic carbocycles. The normalized spacial score (nSPS) is 17.7. The SMILES string of the molecule is Fc1cc(Br)cc(F)c1CN1CCNCC1. The number of hydrogen-bond acceptors (Lipinski definition) is 2. The van der Waals surface area contributed by atoms with Crippen molar-refractivity contribution in [1.82, 2.24) is 10.2 Å². The van der Waals surface area contributed by atoms with Crippen molar-refractivity contribution >= 4 is 15.9 Å². The number of benzene rings is 1. The molecule has 16 heavy (non-hydrogen) atoms. The van der Waals surface area contributed by atoms with Crippen LogP contribution in [0.5, 0.6) is 0 Å². The molecule has 1 heterocycles. The first-order valence-corrected chi connectivity index (χ1v) is 6.02. The van der Waals surface area contributed by atoms with Gasteiger partial charge < -0.3 is 5.32 Å². The molecule has 1 fully saturated rings. The summed E-state index contributed by atoms with van der Waals surface area (Å²) >= 11 is 3.07. The van der Waals surface area contributed by atoms with Gasteiger partial charge in [0, 0.05) is 42.8 Å². The van der Waals surface area contributed by atoms with E-state index >= 15 is 0 Å². The maximum absolute atomic E-state index is 13.6. The number of rotatable bonds is 2. The topological polar surface area (TPSA) is 15.3 Å². The van der Waals surface area contributed by atoms with Gasteiger partial charge in [0.05, 0.1) is 0 Å². The number of halogens is 3. The summed E-state index contributed by atoms with van der Waals surface area (Å²) in [6, 6.07) is 2.61. The molecule has 1 aromatic carbocycles. The molecule has 0 spiro atoms. The summed E-state index contributed by atoms with van der Waals surface area (Å²) in [5.41, 5.74) is 0.158. The highest BCUT2D eigenvalue weighted by Gasteiger charge is 2.16. The van der Waals surface area contributed by atoms with Gasteiger partial charge in [-0.1, -0.05) is 15.9 Å². The number of nitrogens with one attached hydrogen (secondary N) is 1. The Hall–Kier alpha value is -0.520. The third-order valence-electron chi connectivity index (χ3n) is 2.70. The lowest BCUT2D eigenvalue weighted by Gasteiger charge is -2.27. The Morgan fingerprint density at radius 3 is 2.31 bits per heavy atom. The van der Waals surface area contributed by atoms with Crippen molar-refractivity contribution in [3.63, 3.8) is 0 Å². The van der Waals surface area contributed by atoms with Crippen LogP contribution in [0, 0.1) is 11.6 Å². The lowest BCUT2D eigenvalue weighted by Crippen LogP contribution is -2.43. The second kappa shape index (κ2) is 5.21. The first-order chi connectivity index (χ1) is 7.66. The van der Waals surface area contributed by atoms with E-state index in [0.29, 0.717) is 11.0 Å². The highest BCUT2D eigenvalue weighted by Crippen LogP contribution is 2.20. The van der Waals surface area contributed by atoms with Crippen LogP contribution in [-0.2, 0) is 6.54 Å². The lowest BCUT2D eigenvalue weighted by atomic mass is 10.1. The van der Waals surface area contributed by atoms with E-state index in [1.807, 2.05) is 4.90 Å². The average molecular weight is 291 g/mol. The van der Waals surface area contributed by atoms with E-state index in [-0.39, 0.29) is 5.56 Å². The molecule has 2 nitrogen and oxygen atoms in total. The summed E-state index contributed by atoms with van der Waals surface area (Å²) in [6.07, 6.45) is 0. The van der Waals surface area contributed by atoms with Gasteiger partial charge in [0.25, 0.3) is 0 Å². The van der Waals surface area contributed by atoms with Gasteiger partial charge in [0.2, 0.25) is 0 Å². The summed E-state index contributed by atoms with van der Waals surface area (Å²) in [5.74, 6) is -0.962. The minimum atomic E-state index is -0.481. The molecule has 1 N–H and O–H groups in total. The Labute approximate surface area is 102 Å². The minimum Gasteiger partial charge on any atom is -0.314 e. The van der Waals surface area contributed by atoms with Crippen molar-refractivity contribution < 1.29 is 8.78 Å². The molecule has 1 saturated heterocycles. The monoisotopic (exact) mass is 290 g/mol. The van der Waals surface area contributed by atoms with Gasteiger partial charge in [-0.3, -0.25) is 4.90 Å². The molecule has 0 saturated carbocycles. The zero-order chi connectivity index (χ0) is 11.5. The van der Waals surface area contributed by atoms with Crippen molar-refractivity contribution in [2.24, 2.45) is 0 Å². The predicted octanol–water partition coefficient (Wildman–Crippen LogP) is 2.13. The van der Waals surface area contributed by atoms with E-state index in [1.54, 1.807) is 0 Å². The molecule has 88 valence electrons. The number of nitrogens with zero attached hydrogens (tertiary/aromatic N) is 1. The third kappa shape index (κ3) is 2.78. The van der Waals surface area contributed by atoms with Crippen LogP contribution in [0.1, 0.15) is 5.56 Å². The molecule has 1 aliphatic rings. The Morgan fingerprint density at radius 1 is 1.19 bits per heavy atom. The van der Waals surface area contributed by atoms with Crippen molar-refractivity contribution in [3.05, 3.63) is 33.8 Å². The highest BCUT2D eigenvalue weighted by atomic mass is 79.9. The van der Waals surface area contributed by atoms with E-state index in [1.165, 1.54) is 12.1 Å². The fourth-order valence-corrected chi connectivity index (χ4v) is 2.22.